The van der Waals surface area contributed by atoms with Gasteiger partial charge in [-0.05, 0) is 12.0 Å². The summed E-state index contributed by atoms with van der Waals surface area (Å²) in [6.45, 7) is 6.58. The summed E-state index contributed by atoms with van der Waals surface area (Å²) in [6.07, 6.45) is 4.69. The fourth-order valence-corrected chi connectivity index (χ4v) is 4.86. The van der Waals surface area contributed by atoms with Crippen LogP contribution < -0.4 is 4.90 Å². The quantitative estimate of drug-likeness (QED) is 0.631. The van der Waals surface area contributed by atoms with Gasteiger partial charge in [0.2, 0.25) is 11.9 Å². The Labute approximate surface area is 185 Å². The van der Waals surface area contributed by atoms with Crippen LogP contribution in [0.1, 0.15) is 30.5 Å². The minimum absolute atomic E-state index is 0.104. The first-order valence-electron chi connectivity index (χ1n) is 11.1. The van der Waals surface area contributed by atoms with Crippen molar-refractivity contribution in [1.29, 1.82) is 0 Å². The van der Waals surface area contributed by atoms with Gasteiger partial charge in [-0.15, -0.1) is 0 Å². The Hall–Kier alpha value is -3.33. The molecule has 1 aromatic carbocycles. The Morgan fingerprint density at radius 2 is 2.03 bits per heavy atom. The van der Waals surface area contributed by atoms with Gasteiger partial charge in [0, 0.05) is 50.4 Å². The van der Waals surface area contributed by atoms with Crippen LogP contribution in [0.5, 0.6) is 0 Å². The maximum absolute atomic E-state index is 11.9. The minimum Gasteiger partial charge on any atom is -0.378 e. The molecule has 164 valence electrons. The van der Waals surface area contributed by atoms with Crippen LogP contribution in [0.15, 0.2) is 29.4 Å². The highest BCUT2D eigenvalue weighted by Gasteiger charge is 2.29. The van der Waals surface area contributed by atoms with Crippen molar-refractivity contribution in [3.05, 3.63) is 35.5 Å². The van der Waals surface area contributed by atoms with Gasteiger partial charge in [-0.3, -0.25) is 9.79 Å². The largest absolute Gasteiger partial charge is 0.378 e. The molecule has 3 aliphatic rings. The van der Waals surface area contributed by atoms with E-state index in [1.165, 1.54) is 5.56 Å². The fraction of sp³-hybridized carbons (Fsp3) is 0.435. The molecule has 0 radical (unpaired) electrons. The molecule has 9 heteroatoms. The van der Waals surface area contributed by atoms with Crippen LogP contribution >= 0.6 is 0 Å². The zero-order valence-electron chi connectivity index (χ0n) is 18.1. The highest BCUT2D eigenvalue weighted by atomic mass is 16.5. The van der Waals surface area contributed by atoms with Crippen molar-refractivity contribution in [3.8, 4) is 11.3 Å². The molecule has 6 rings (SSSR count). The number of aromatic nitrogens is 4. The molecule has 2 fully saturated rings. The standard InChI is InChI=1S/C23H25N7O2/c1-15(31)29-6-5-17(14-29)30-22-20(13-25-30)21(18-4-2-3-16-11-24-12-19(16)18)26-23(27-22)28-7-9-32-10-8-28/h2-4,12-13,17H,5-11,14H2,1H3. The normalized spacial score (nSPS) is 20.3. The third-order valence-corrected chi connectivity index (χ3v) is 6.62. The van der Waals surface area contributed by atoms with Gasteiger partial charge in [0.25, 0.3) is 0 Å². The summed E-state index contributed by atoms with van der Waals surface area (Å²) in [7, 11) is 0. The summed E-state index contributed by atoms with van der Waals surface area (Å²) in [5.74, 6) is 0.805. The molecular weight excluding hydrogens is 406 g/mol. The molecule has 1 atom stereocenters. The number of carbonyl (C=O) groups is 1. The van der Waals surface area contributed by atoms with E-state index in [2.05, 4.69) is 28.1 Å². The lowest BCUT2D eigenvalue weighted by molar-refractivity contribution is -0.127. The molecule has 3 aliphatic heterocycles. The Balaban J connectivity index is 1.51. The Morgan fingerprint density at radius 3 is 2.84 bits per heavy atom. The van der Waals surface area contributed by atoms with Gasteiger partial charge < -0.3 is 14.5 Å². The molecule has 0 aliphatic carbocycles. The number of aliphatic imine (C=N–C) groups is 1. The molecule has 0 spiro atoms. The van der Waals surface area contributed by atoms with Gasteiger partial charge in [0.05, 0.1) is 43.1 Å². The second-order valence-electron chi connectivity index (χ2n) is 8.55. The van der Waals surface area contributed by atoms with Gasteiger partial charge in [-0.1, -0.05) is 18.2 Å². The number of amides is 1. The number of likely N-dealkylation sites (tertiary alicyclic amines) is 1. The van der Waals surface area contributed by atoms with Gasteiger partial charge in [0.15, 0.2) is 5.65 Å². The van der Waals surface area contributed by atoms with Crippen molar-refractivity contribution in [2.75, 3.05) is 44.3 Å². The number of fused-ring (bicyclic) bond motifs is 2. The second-order valence-corrected chi connectivity index (χ2v) is 8.55. The summed E-state index contributed by atoms with van der Waals surface area (Å²) in [4.78, 5) is 30.4. The topological polar surface area (TPSA) is 88.7 Å². The molecule has 1 amide bonds. The third kappa shape index (κ3) is 3.15. The van der Waals surface area contributed by atoms with Crippen LogP contribution in [0.4, 0.5) is 5.95 Å². The van der Waals surface area contributed by atoms with E-state index in [4.69, 9.17) is 19.8 Å². The molecule has 1 unspecified atom stereocenters. The first-order chi connectivity index (χ1) is 15.7. The van der Waals surface area contributed by atoms with E-state index in [0.717, 1.165) is 53.9 Å². The Morgan fingerprint density at radius 1 is 1.16 bits per heavy atom. The predicted molar refractivity (Wildman–Crippen MR) is 121 cm³/mol. The molecule has 9 nitrogen and oxygen atoms in total. The number of rotatable bonds is 3. The Bertz CT molecular complexity index is 1230. The molecule has 0 bridgehead atoms. The summed E-state index contributed by atoms with van der Waals surface area (Å²) in [6, 6.07) is 6.40. The van der Waals surface area contributed by atoms with Gasteiger partial charge in [-0.2, -0.15) is 10.1 Å². The summed E-state index contributed by atoms with van der Waals surface area (Å²) in [5, 5.41) is 5.66. The molecule has 0 saturated carbocycles. The average Bonchev–Trinajstić information content (AvgIpc) is 3.57. The number of morpholine rings is 1. The van der Waals surface area contributed by atoms with E-state index in [-0.39, 0.29) is 11.9 Å². The zero-order valence-corrected chi connectivity index (χ0v) is 18.1. The van der Waals surface area contributed by atoms with E-state index in [0.29, 0.717) is 32.3 Å². The monoisotopic (exact) mass is 431 g/mol. The molecule has 2 aromatic heterocycles. The van der Waals surface area contributed by atoms with E-state index in [9.17, 15) is 4.79 Å². The molecule has 3 aromatic rings. The number of anilines is 1. The highest BCUT2D eigenvalue weighted by molar-refractivity contribution is 6.00. The number of ether oxygens (including phenoxy) is 1. The van der Waals surface area contributed by atoms with E-state index in [1.807, 2.05) is 22.0 Å². The number of hydrogen-bond acceptors (Lipinski definition) is 7. The predicted octanol–water partition coefficient (Wildman–Crippen LogP) is 2.06. The summed E-state index contributed by atoms with van der Waals surface area (Å²) in [5.41, 5.74) is 5.09. The van der Waals surface area contributed by atoms with Crippen LogP contribution in [-0.4, -0.2) is 76.2 Å². The van der Waals surface area contributed by atoms with E-state index in [1.54, 1.807) is 6.92 Å². The maximum Gasteiger partial charge on any atom is 0.228 e. The zero-order chi connectivity index (χ0) is 21.7. The maximum atomic E-state index is 11.9. The number of benzene rings is 1. The first-order valence-corrected chi connectivity index (χ1v) is 11.1. The van der Waals surface area contributed by atoms with Crippen LogP contribution in [0.2, 0.25) is 0 Å². The van der Waals surface area contributed by atoms with Crippen molar-refractivity contribution < 1.29 is 9.53 Å². The smallest absolute Gasteiger partial charge is 0.228 e. The third-order valence-electron chi connectivity index (χ3n) is 6.62. The SMILES string of the molecule is CC(=O)N1CCC(n2ncc3c(-c4cccc5c4C=NC5)nc(N4CCOCC4)nc32)C1. The Kier molecular flexibility index (Phi) is 4.64. The fourth-order valence-electron chi connectivity index (χ4n) is 4.86. The highest BCUT2D eigenvalue weighted by Crippen LogP contribution is 2.35. The number of hydrogen-bond donors (Lipinski definition) is 0. The van der Waals surface area contributed by atoms with Gasteiger partial charge in [0.1, 0.15) is 0 Å². The van der Waals surface area contributed by atoms with Crippen LogP contribution in [0.25, 0.3) is 22.3 Å². The van der Waals surface area contributed by atoms with Gasteiger partial charge >= 0.3 is 0 Å². The van der Waals surface area contributed by atoms with E-state index < -0.39 is 0 Å². The molecule has 5 heterocycles. The van der Waals surface area contributed by atoms with Crippen LogP contribution in [-0.2, 0) is 16.1 Å². The summed E-state index contributed by atoms with van der Waals surface area (Å²) < 4.78 is 7.53. The first kappa shape index (κ1) is 19.4. The van der Waals surface area contributed by atoms with Crippen molar-refractivity contribution in [3.63, 3.8) is 0 Å². The van der Waals surface area contributed by atoms with E-state index >= 15 is 0 Å². The van der Waals surface area contributed by atoms with Crippen molar-refractivity contribution in [2.24, 2.45) is 4.99 Å². The molecule has 32 heavy (non-hydrogen) atoms. The lowest BCUT2D eigenvalue weighted by atomic mass is 9.99. The van der Waals surface area contributed by atoms with Crippen molar-refractivity contribution >= 4 is 29.1 Å². The lowest BCUT2D eigenvalue weighted by Crippen LogP contribution is -2.37. The molecule has 2 saturated heterocycles. The molecular formula is C23H25N7O2. The lowest BCUT2D eigenvalue weighted by Gasteiger charge is -2.27. The second kappa shape index (κ2) is 7.67. The molecule has 0 N–H and O–H groups in total. The average molecular weight is 432 g/mol. The van der Waals surface area contributed by atoms with Crippen molar-refractivity contribution in [2.45, 2.75) is 25.9 Å². The van der Waals surface area contributed by atoms with Crippen LogP contribution in [0, 0.1) is 0 Å². The van der Waals surface area contributed by atoms with Gasteiger partial charge in [-0.25, -0.2) is 9.67 Å². The minimum atomic E-state index is 0.104. The number of carbonyl (C=O) groups excluding carboxylic acids is 1. The van der Waals surface area contributed by atoms with Crippen LogP contribution in [0.3, 0.4) is 0 Å². The van der Waals surface area contributed by atoms with Crippen molar-refractivity contribution in [1.82, 2.24) is 24.6 Å². The number of nitrogens with zero attached hydrogens (tertiary/aromatic N) is 7. The summed E-state index contributed by atoms with van der Waals surface area (Å²) >= 11 is 0.